The van der Waals surface area contributed by atoms with Gasteiger partial charge >= 0.3 is 0 Å². The van der Waals surface area contributed by atoms with Crippen molar-refractivity contribution in [2.24, 2.45) is 0 Å². The number of hydrogen-bond donors (Lipinski definition) is 1. The van der Waals surface area contributed by atoms with Crippen LogP contribution in [0.1, 0.15) is 193 Å². The summed E-state index contributed by atoms with van der Waals surface area (Å²) in [6.45, 7) is 15.0. The summed E-state index contributed by atoms with van der Waals surface area (Å²) in [4.78, 5) is 12.3. The fraction of sp³-hybridized carbons (Fsp3) is 0.688. The summed E-state index contributed by atoms with van der Waals surface area (Å²) in [5.41, 5.74) is 1.66. The smallest absolute Gasteiger partial charge is 0.259 e. The number of rotatable bonds is 51. The standard InChI is InChI=1S/C64H104N3O10P/c1-8-9-10-11-12-13-14-15-16-17-18-19-20-21-22-23-24-25-29-34-63(68)66-44-31-45-71-47-48-72-49-50-73-51-52-74-53-62(77-78(76-46-30-43-65)67(55(2)3)56(4)5)54-75-64(57-32-27-26-28-33-57,58-35-39-60(69-6)40-36-58)59-37-41-61(70-7)42-38-59/h26-28,32-33,35-42,55-56,62H,8-25,29-31,34,44-54H2,1-7H3,(H,66,68). The van der Waals surface area contributed by atoms with E-state index >= 15 is 0 Å². The molecular weight excluding hydrogens is 1000 g/mol. The maximum atomic E-state index is 12.3. The van der Waals surface area contributed by atoms with Crippen molar-refractivity contribution in [3.63, 3.8) is 0 Å². The van der Waals surface area contributed by atoms with Crippen LogP contribution in [0, 0.1) is 11.3 Å². The molecule has 0 aliphatic rings. The van der Waals surface area contributed by atoms with E-state index in [0.717, 1.165) is 47.5 Å². The Balaban J connectivity index is 1.35. The first-order valence-electron chi connectivity index (χ1n) is 30.0. The van der Waals surface area contributed by atoms with Gasteiger partial charge in [0, 0.05) is 31.7 Å². The Morgan fingerprint density at radius 2 is 0.987 bits per heavy atom. The van der Waals surface area contributed by atoms with Crippen LogP contribution in [0.5, 0.6) is 11.5 Å². The normalized spacial score (nSPS) is 12.6. The van der Waals surface area contributed by atoms with E-state index < -0.39 is 20.2 Å². The van der Waals surface area contributed by atoms with Crippen LogP contribution in [0.3, 0.4) is 0 Å². The lowest BCUT2D eigenvalue weighted by Crippen LogP contribution is -2.39. The van der Waals surface area contributed by atoms with E-state index in [1.807, 2.05) is 66.7 Å². The lowest BCUT2D eigenvalue weighted by Gasteiger charge is -2.39. The van der Waals surface area contributed by atoms with Crippen LogP contribution in [-0.2, 0) is 43.1 Å². The highest BCUT2D eigenvalue weighted by Crippen LogP contribution is 2.48. The van der Waals surface area contributed by atoms with E-state index in [1.54, 1.807) is 14.2 Å². The Hall–Kier alpha value is -3.67. The molecule has 0 bridgehead atoms. The van der Waals surface area contributed by atoms with Gasteiger partial charge in [-0.3, -0.25) is 4.79 Å². The molecule has 13 nitrogen and oxygen atoms in total. The van der Waals surface area contributed by atoms with E-state index in [0.29, 0.717) is 59.2 Å². The average Bonchev–Trinajstić information content (AvgIpc) is 3.65. The predicted octanol–water partition coefficient (Wildman–Crippen LogP) is 15.1. The van der Waals surface area contributed by atoms with E-state index in [2.05, 4.69) is 62.8 Å². The molecule has 0 fully saturated rings. The Morgan fingerprint density at radius 3 is 1.44 bits per heavy atom. The molecule has 3 aromatic carbocycles. The molecule has 440 valence electrons. The van der Waals surface area contributed by atoms with Gasteiger partial charge in [-0.05, 0) is 81.5 Å². The largest absolute Gasteiger partial charge is 0.497 e. The quantitative estimate of drug-likeness (QED) is 0.0327. The Kier molecular flexibility index (Phi) is 39.6. The number of benzene rings is 3. The van der Waals surface area contributed by atoms with Gasteiger partial charge in [0.05, 0.1) is 86.2 Å². The van der Waals surface area contributed by atoms with Crippen molar-refractivity contribution in [1.82, 2.24) is 9.99 Å². The summed E-state index contributed by atoms with van der Waals surface area (Å²) >= 11 is 0. The summed E-state index contributed by atoms with van der Waals surface area (Å²) in [5.74, 6) is 1.60. The molecule has 0 aromatic heterocycles. The summed E-state index contributed by atoms with van der Waals surface area (Å²) in [5, 5.41) is 12.4. The number of unbranched alkanes of at least 4 members (excludes halogenated alkanes) is 18. The summed E-state index contributed by atoms with van der Waals surface area (Å²) < 4.78 is 57.5. The molecule has 0 aliphatic carbocycles. The lowest BCUT2D eigenvalue weighted by molar-refractivity contribution is -0.121. The van der Waals surface area contributed by atoms with Gasteiger partial charge in [0.25, 0.3) is 8.53 Å². The molecule has 2 atom stereocenters. The lowest BCUT2D eigenvalue weighted by atomic mass is 9.80. The van der Waals surface area contributed by atoms with Gasteiger partial charge in [-0.2, -0.15) is 5.26 Å². The van der Waals surface area contributed by atoms with Gasteiger partial charge < -0.3 is 47.5 Å². The molecule has 3 rings (SSSR count). The van der Waals surface area contributed by atoms with Crippen LogP contribution < -0.4 is 14.8 Å². The monoisotopic (exact) mass is 1110 g/mol. The maximum Gasteiger partial charge on any atom is 0.259 e. The van der Waals surface area contributed by atoms with Crippen LogP contribution in [-0.4, -0.2) is 116 Å². The third-order valence-electron chi connectivity index (χ3n) is 13.8. The van der Waals surface area contributed by atoms with Crippen LogP contribution in [0.15, 0.2) is 78.9 Å². The zero-order valence-corrected chi connectivity index (χ0v) is 50.4. The molecule has 0 spiro atoms. The molecule has 1 N–H and O–H groups in total. The predicted molar refractivity (Wildman–Crippen MR) is 317 cm³/mol. The molecule has 0 heterocycles. The summed E-state index contributed by atoms with van der Waals surface area (Å²) in [6.07, 6.45) is 26.7. The van der Waals surface area contributed by atoms with E-state index in [1.165, 1.54) is 109 Å². The SMILES string of the molecule is CCCCCCCCCCCCCCCCCCCCCC(=O)NCCCOCCOCCOCCOCC(COC(c1ccccc1)(c1ccc(OC)cc1)c1ccc(OC)cc1)OP(OCCC#N)N(C(C)C)C(C)C. The summed E-state index contributed by atoms with van der Waals surface area (Å²) in [7, 11) is 1.69. The van der Waals surface area contributed by atoms with Crippen molar-refractivity contribution in [2.75, 3.05) is 86.8 Å². The molecule has 1 amide bonds. The first-order chi connectivity index (χ1) is 38.2. The maximum absolute atomic E-state index is 12.3. The van der Waals surface area contributed by atoms with Gasteiger partial charge in [0.2, 0.25) is 5.91 Å². The second kappa shape index (κ2) is 45.0. The first-order valence-corrected chi connectivity index (χ1v) is 31.1. The van der Waals surface area contributed by atoms with E-state index in [-0.39, 0.29) is 44.2 Å². The molecule has 14 heteroatoms. The molecule has 0 aliphatic heterocycles. The van der Waals surface area contributed by atoms with Gasteiger partial charge in [0.15, 0.2) is 0 Å². The van der Waals surface area contributed by atoms with Crippen molar-refractivity contribution in [3.05, 3.63) is 95.6 Å². The average molecular weight is 1110 g/mol. The molecule has 2 unspecified atom stereocenters. The van der Waals surface area contributed by atoms with Gasteiger partial charge in [-0.1, -0.05) is 177 Å². The van der Waals surface area contributed by atoms with Crippen LogP contribution in [0.25, 0.3) is 0 Å². The molecular formula is C64H104N3O10P. The highest BCUT2D eigenvalue weighted by atomic mass is 31.2. The van der Waals surface area contributed by atoms with E-state index in [9.17, 15) is 10.1 Å². The minimum Gasteiger partial charge on any atom is -0.497 e. The second-order valence-electron chi connectivity index (χ2n) is 20.8. The number of nitrogens with zero attached hydrogens (tertiary/aromatic N) is 2. The van der Waals surface area contributed by atoms with Gasteiger partial charge in [-0.15, -0.1) is 0 Å². The highest BCUT2D eigenvalue weighted by Gasteiger charge is 2.40. The second-order valence-corrected chi connectivity index (χ2v) is 22.2. The van der Waals surface area contributed by atoms with Crippen LogP contribution >= 0.6 is 8.53 Å². The Labute approximate surface area is 474 Å². The van der Waals surface area contributed by atoms with Crippen molar-refractivity contribution in [2.45, 2.75) is 200 Å². The molecule has 0 saturated carbocycles. The van der Waals surface area contributed by atoms with E-state index in [4.69, 9.17) is 42.2 Å². The number of methoxy groups -OCH3 is 2. The van der Waals surface area contributed by atoms with Gasteiger partial charge in [-0.25, -0.2) is 4.67 Å². The molecule has 0 radical (unpaired) electrons. The highest BCUT2D eigenvalue weighted by molar-refractivity contribution is 7.44. The zero-order valence-electron chi connectivity index (χ0n) is 49.5. The topological polar surface area (TPSA) is 139 Å². The number of hydrogen-bond acceptors (Lipinski definition) is 12. The number of amides is 1. The molecule has 0 saturated heterocycles. The third-order valence-corrected chi connectivity index (χ3v) is 16.0. The third kappa shape index (κ3) is 29.2. The fourth-order valence-corrected chi connectivity index (χ4v) is 11.2. The zero-order chi connectivity index (χ0) is 56.2. The van der Waals surface area contributed by atoms with Crippen molar-refractivity contribution < 1.29 is 47.0 Å². The van der Waals surface area contributed by atoms with Crippen molar-refractivity contribution in [1.29, 1.82) is 5.26 Å². The molecule has 78 heavy (non-hydrogen) atoms. The number of carbonyl (C=O) groups excluding carboxylic acids is 1. The Morgan fingerprint density at radius 1 is 0.551 bits per heavy atom. The minimum atomic E-state index is -1.62. The number of nitrogens with one attached hydrogen (secondary N) is 1. The van der Waals surface area contributed by atoms with Crippen molar-refractivity contribution >= 4 is 14.4 Å². The van der Waals surface area contributed by atoms with Crippen LogP contribution in [0.2, 0.25) is 0 Å². The number of carbonyl (C=O) groups is 1. The van der Waals surface area contributed by atoms with Crippen LogP contribution in [0.4, 0.5) is 0 Å². The first kappa shape index (κ1) is 68.6. The minimum absolute atomic E-state index is 0.104. The summed E-state index contributed by atoms with van der Waals surface area (Å²) in [6, 6.07) is 28.4. The number of nitriles is 1. The molecule has 3 aromatic rings. The fourth-order valence-electron chi connectivity index (χ4n) is 9.55. The van der Waals surface area contributed by atoms with Gasteiger partial charge in [0.1, 0.15) is 23.2 Å². The number of ether oxygens (including phenoxy) is 7. The van der Waals surface area contributed by atoms with Crippen molar-refractivity contribution in [3.8, 4) is 17.6 Å². The Bertz CT molecular complexity index is 1860.